The summed E-state index contributed by atoms with van der Waals surface area (Å²) in [7, 11) is 0. The first-order valence-electron chi connectivity index (χ1n) is 6.05. The molecular weight excluding hydrogens is 232 g/mol. The lowest BCUT2D eigenvalue weighted by Gasteiger charge is -2.21. The van der Waals surface area contributed by atoms with Crippen LogP contribution in [0.5, 0.6) is 0 Å². The maximum absolute atomic E-state index is 11.3. The summed E-state index contributed by atoms with van der Waals surface area (Å²) >= 11 is 0. The third-order valence-electron chi connectivity index (χ3n) is 3.38. The predicted octanol–water partition coefficient (Wildman–Crippen LogP) is 0.894. The fourth-order valence-corrected chi connectivity index (χ4v) is 2.48. The number of nitrogens with one attached hydrogen (secondary N) is 1. The third kappa shape index (κ3) is 1.74. The van der Waals surface area contributed by atoms with Crippen molar-refractivity contribution in [3.8, 4) is 0 Å². The van der Waals surface area contributed by atoms with Crippen LogP contribution < -0.4 is 5.32 Å². The van der Waals surface area contributed by atoms with Gasteiger partial charge in [-0.1, -0.05) is 6.07 Å². The molecule has 1 aliphatic rings. The van der Waals surface area contributed by atoms with E-state index < -0.39 is 5.97 Å². The van der Waals surface area contributed by atoms with Gasteiger partial charge in [-0.3, -0.25) is 4.40 Å². The molecule has 3 rings (SSSR count). The smallest absolute Gasteiger partial charge is 0.352 e. The highest BCUT2D eigenvalue weighted by Gasteiger charge is 2.23. The first-order chi connectivity index (χ1) is 8.77. The summed E-state index contributed by atoms with van der Waals surface area (Å²) in [5.41, 5.74) is 0.828. The molecule has 2 N–H and O–H groups in total. The van der Waals surface area contributed by atoms with Gasteiger partial charge in [0.05, 0.1) is 0 Å². The molecule has 0 spiro atoms. The normalized spacial score (nSPS) is 17.1. The van der Waals surface area contributed by atoms with Crippen molar-refractivity contribution < 1.29 is 9.90 Å². The number of carbonyl (C=O) groups is 1. The summed E-state index contributed by atoms with van der Waals surface area (Å²) in [5, 5.41) is 20.8. The summed E-state index contributed by atoms with van der Waals surface area (Å²) in [6.45, 7) is 1.88. The lowest BCUT2D eigenvalue weighted by atomic mass is 9.97. The van der Waals surface area contributed by atoms with Gasteiger partial charge >= 0.3 is 5.97 Å². The van der Waals surface area contributed by atoms with Crippen molar-refractivity contribution in [1.82, 2.24) is 19.9 Å². The fourth-order valence-electron chi connectivity index (χ4n) is 2.48. The number of hydrogen-bond donors (Lipinski definition) is 2. The van der Waals surface area contributed by atoms with Gasteiger partial charge in [0, 0.05) is 5.92 Å². The van der Waals surface area contributed by atoms with Crippen molar-refractivity contribution in [2.75, 3.05) is 13.1 Å². The van der Waals surface area contributed by atoms with Crippen molar-refractivity contribution in [3.63, 3.8) is 0 Å². The highest BCUT2D eigenvalue weighted by atomic mass is 16.4. The van der Waals surface area contributed by atoms with Crippen molar-refractivity contribution in [1.29, 1.82) is 0 Å². The number of hydrogen-bond acceptors (Lipinski definition) is 4. The molecule has 0 aliphatic carbocycles. The lowest BCUT2D eigenvalue weighted by molar-refractivity contribution is 0.0688. The molecule has 1 aliphatic heterocycles. The molecule has 2 aromatic heterocycles. The Labute approximate surface area is 104 Å². The second-order valence-electron chi connectivity index (χ2n) is 4.49. The molecule has 0 aromatic carbocycles. The molecular formula is C12H14N4O2. The van der Waals surface area contributed by atoms with Gasteiger partial charge in [0.25, 0.3) is 0 Å². The number of rotatable bonds is 2. The third-order valence-corrected chi connectivity index (χ3v) is 3.38. The topological polar surface area (TPSA) is 79.5 Å². The largest absolute Gasteiger partial charge is 0.477 e. The van der Waals surface area contributed by atoms with Crippen LogP contribution in [0.25, 0.3) is 5.65 Å². The molecule has 6 nitrogen and oxygen atoms in total. The number of aromatic nitrogens is 3. The first-order valence-corrected chi connectivity index (χ1v) is 6.05. The maximum atomic E-state index is 11.3. The molecule has 3 heterocycles. The first kappa shape index (κ1) is 11.2. The molecule has 1 saturated heterocycles. The standard InChI is InChI=1S/C12H14N4O2/c17-12(18)9-2-1-3-10-14-15-11(16(9)10)8-4-6-13-7-5-8/h1-3,8,13H,4-7H2,(H,17,18). The van der Waals surface area contributed by atoms with Crippen LogP contribution in [-0.2, 0) is 0 Å². The fraction of sp³-hybridized carbons (Fsp3) is 0.417. The number of fused-ring (bicyclic) bond motifs is 1. The predicted molar refractivity (Wildman–Crippen MR) is 64.8 cm³/mol. The van der Waals surface area contributed by atoms with Crippen LogP contribution in [0.2, 0.25) is 0 Å². The molecule has 18 heavy (non-hydrogen) atoms. The number of piperidine rings is 1. The average Bonchev–Trinajstić information content (AvgIpc) is 2.83. The molecule has 0 bridgehead atoms. The Morgan fingerprint density at radius 1 is 1.33 bits per heavy atom. The number of pyridine rings is 1. The van der Waals surface area contributed by atoms with E-state index in [2.05, 4.69) is 15.5 Å². The van der Waals surface area contributed by atoms with Gasteiger partial charge in [0.15, 0.2) is 5.65 Å². The summed E-state index contributed by atoms with van der Waals surface area (Å²) in [5.74, 6) is 0.0989. The van der Waals surface area contributed by atoms with Gasteiger partial charge in [-0.05, 0) is 38.1 Å². The molecule has 1 fully saturated rings. The zero-order chi connectivity index (χ0) is 12.5. The monoisotopic (exact) mass is 246 g/mol. The van der Waals surface area contributed by atoms with Crippen LogP contribution in [0.15, 0.2) is 18.2 Å². The van der Waals surface area contributed by atoms with E-state index in [0.29, 0.717) is 5.65 Å². The van der Waals surface area contributed by atoms with Gasteiger partial charge in [-0.15, -0.1) is 10.2 Å². The van der Waals surface area contributed by atoms with E-state index in [9.17, 15) is 9.90 Å². The van der Waals surface area contributed by atoms with E-state index in [-0.39, 0.29) is 11.6 Å². The van der Waals surface area contributed by atoms with Crippen LogP contribution in [0.3, 0.4) is 0 Å². The minimum absolute atomic E-state index is 0.228. The summed E-state index contributed by atoms with van der Waals surface area (Å²) < 4.78 is 1.66. The summed E-state index contributed by atoms with van der Waals surface area (Å²) in [6, 6.07) is 5.06. The average molecular weight is 246 g/mol. The summed E-state index contributed by atoms with van der Waals surface area (Å²) in [4.78, 5) is 11.3. The SMILES string of the molecule is O=C(O)c1cccc2nnc(C3CCNCC3)n12. The van der Waals surface area contributed by atoms with Gasteiger partial charge in [0.1, 0.15) is 11.5 Å². The van der Waals surface area contributed by atoms with Gasteiger partial charge < -0.3 is 10.4 Å². The Bertz CT molecular complexity index is 587. The molecule has 94 valence electrons. The van der Waals surface area contributed by atoms with Gasteiger partial charge in [-0.25, -0.2) is 4.79 Å². The van der Waals surface area contributed by atoms with E-state index in [4.69, 9.17) is 0 Å². The molecule has 0 saturated carbocycles. The Morgan fingerprint density at radius 2 is 2.11 bits per heavy atom. The van der Waals surface area contributed by atoms with Crippen LogP contribution in [0, 0.1) is 0 Å². The molecule has 0 radical (unpaired) electrons. The zero-order valence-corrected chi connectivity index (χ0v) is 9.83. The highest BCUT2D eigenvalue weighted by molar-refractivity contribution is 5.86. The number of carboxylic acids is 1. The van der Waals surface area contributed by atoms with Crippen LogP contribution in [0.4, 0.5) is 0 Å². The molecule has 0 amide bonds. The van der Waals surface area contributed by atoms with Crippen LogP contribution >= 0.6 is 0 Å². The van der Waals surface area contributed by atoms with Crippen molar-refractivity contribution in [2.45, 2.75) is 18.8 Å². The Hall–Kier alpha value is -1.95. The van der Waals surface area contributed by atoms with Crippen molar-refractivity contribution in [3.05, 3.63) is 29.7 Å². The quantitative estimate of drug-likeness (QED) is 0.822. The van der Waals surface area contributed by atoms with Crippen molar-refractivity contribution in [2.24, 2.45) is 0 Å². The van der Waals surface area contributed by atoms with E-state index in [1.54, 1.807) is 22.6 Å². The minimum atomic E-state index is -0.949. The Balaban J connectivity index is 2.14. The maximum Gasteiger partial charge on any atom is 0.352 e. The number of aromatic carboxylic acids is 1. The van der Waals surface area contributed by atoms with E-state index in [1.165, 1.54) is 0 Å². The second-order valence-corrected chi connectivity index (χ2v) is 4.49. The van der Waals surface area contributed by atoms with Gasteiger partial charge in [-0.2, -0.15) is 0 Å². The zero-order valence-electron chi connectivity index (χ0n) is 9.83. The molecule has 0 unspecified atom stereocenters. The number of nitrogens with zero attached hydrogens (tertiary/aromatic N) is 3. The molecule has 6 heteroatoms. The van der Waals surface area contributed by atoms with Gasteiger partial charge in [0.2, 0.25) is 0 Å². The molecule has 2 aromatic rings. The van der Waals surface area contributed by atoms with E-state index in [0.717, 1.165) is 31.8 Å². The summed E-state index contributed by atoms with van der Waals surface area (Å²) in [6.07, 6.45) is 1.93. The van der Waals surface area contributed by atoms with E-state index in [1.807, 2.05) is 0 Å². The van der Waals surface area contributed by atoms with Crippen molar-refractivity contribution >= 4 is 11.6 Å². The van der Waals surface area contributed by atoms with E-state index >= 15 is 0 Å². The number of carboxylic acid groups (broad SMARTS) is 1. The lowest BCUT2D eigenvalue weighted by Crippen LogP contribution is -2.28. The second kappa shape index (κ2) is 4.38. The van der Waals surface area contributed by atoms with Crippen LogP contribution in [-0.4, -0.2) is 38.8 Å². The Morgan fingerprint density at radius 3 is 2.83 bits per heavy atom. The minimum Gasteiger partial charge on any atom is -0.477 e. The molecule has 0 atom stereocenters. The van der Waals surface area contributed by atoms with Crippen LogP contribution in [0.1, 0.15) is 35.1 Å². The Kier molecular flexibility index (Phi) is 2.71. The highest BCUT2D eigenvalue weighted by Crippen LogP contribution is 2.24.